The zero-order chi connectivity index (χ0) is 28.0. The van der Waals surface area contributed by atoms with Crippen LogP contribution in [0.2, 0.25) is 0 Å². The highest BCUT2D eigenvalue weighted by Gasteiger charge is 2.46. The van der Waals surface area contributed by atoms with Crippen molar-refractivity contribution >= 4 is 11.9 Å². The molecule has 3 rings (SSSR count). The molecule has 0 aromatic heterocycles. The molecular formula is C24H30O14. The fourth-order valence-electron chi connectivity index (χ4n) is 4.06. The molecule has 2 aliphatic rings. The number of hydrogen-bond acceptors (Lipinski definition) is 13. The van der Waals surface area contributed by atoms with Gasteiger partial charge in [0.25, 0.3) is 0 Å². The van der Waals surface area contributed by atoms with Crippen LogP contribution in [0.25, 0.3) is 0 Å². The summed E-state index contributed by atoms with van der Waals surface area (Å²) in [6.45, 7) is -1.44. The van der Waals surface area contributed by atoms with Crippen LogP contribution in [0.1, 0.15) is 12.0 Å². The van der Waals surface area contributed by atoms with Gasteiger partial charge >= 0.3 is 11.9 Å². The summed E-state index contributed by atoms with van der Waals surface area (Å²) >= 11 is 0. The van der Waals surface area contributed by atoms with E-state index in [9.17, 15) is 50.4 Å². The van der Waals surface area contributed by atoms with Gasteiger partial charge in [0.05, 0.1) is 38.1 Å². The summed E-state index contributed by atoms with van der Waals surface area (Å²) < 4.78 is 21.4. The number of phenols is 2. The van der Waals surface area contributed by atoms with E-state index in [2.05, 4.69) is 0 Å². The highest BCUT2D eigenvalue weighted by atomic mass is 16.8. The molecule has 7 atom stereocenters. The number of rotatable bonds is 10. The van der Waals surface area contributed by atoms with Gasteiger partial charge in [0.15, 0.2) is 17.8 Å². The fraction of sp³-hybridized carbons (Fsp3) is 0.500. The van der Waals surface area contributed by atoms with Crippen molar-refractivity contribution < 1.29 is 69.4 Å². The summed E-state index contributed by atoms with van der Waals surface area (Å²) in [5, 5.41) is 77.7. The van der Waals surface area contributed by atoms with Crippen LogP contribution in [0.5, 0.6) is 11.5 Å². The minimum Gasteiger partial charge on any atom is -0.504 e. The normalized spacial score (nSPS) is 30.4. The van der Waals surface area contributed by atoms with Gasteiger partial charge in [-0.05, 0) is 17.7 Å². The Balaban J connectivity index is 1.72. The van der Waals surface area contributed by atoms with E-state index in [0.717, 1.165) is 12.3 Å². The van der Waals surface area contributed by atoms with E-state index in [1.165, 1.54) is 18.2 Å². The molecule has 1 aromatic carbocycles. The monoisotopic (exact) mass is 542 g/mol. The Morgan fingerprint density at radius 1 is 1.03 bits per heavy atom. The maximum atomic E-state index is 12.6. The largest absolute Gasteiger partial charge is 0.504 e. The second kappa shape index (κ2) is 13.0. The van der Waals surface area contributed by atoms with E-state index in [4.69, 9.17) is 18.9 Å². The third kappa shape index (κ3) is 6.79. The van der Waals surface area contributed by atoms with Crippen molar-refractivity contribution in [3.63, 3.8) is 0 Å². The zero-order valence-corrected chi connectivity index (χ0v) is 20.0. The molecule has 0 saturated carbocycles. The van der Waals surface area contributed by atoms with Gasteiger partial charge in [-0.2, -0.15) is 0 Å². The molecule has 1 saturated heterocycles. The van der Waals surface area contributed by atoms with Crippen molar-refractivity contribution in [2.75, 3.05) is 19.8 Å². The number of aliphatic hydroxyl groups excluding tert-OH is 5. The summed E-state index contributed by atoms with van der Waals surface area (Å²) in [5.74, 6) is -4.05. The number of hydrogen-bond donors (Lipinski definition) is 8. The number of carbonyl (C=O) groups is 2. The fourth-order valence-corrected chi connectivity index (χ4v) is 4.06. The molecule has 38 heavy (non-hydrogen) atoms. The van der Waals surface area contributed by atoms with E-state index in [-0.39, 0.29) is 35.7 Å². The second-order valence-corrected chi connectivity index (χ2v) is 8.62. The van der Waals surface area contributed by atoms with Crippen LogP contribution in [-0.4, -0.2) is 110 Å². The highest BCUT2D eigenvalue weighted by Crippen LogP contribution is 2.36. The van der Waals surface area contributed by atoms with E-state index in [1.807, 2.05) is 0 Å². The summed E-state index contributed by atoms with van der Waals surface area (Å²) in [6.07, 6.45) is -7.87. The van der Waals surface area contributed by atoms with Gasteiger partial charge in [0.1, 0.15) is 24.4 Å². The van der Waals surface area contributed by atoms with Crippen LogP contribution in [-0.2, 0) is 35.0 Å². The predicted molar refractivity (Wildman–Crippen MR) is 123 cm³/mol. The molecule has 0 spiro atoms. The van der Waals surface area contributed by atoms with Crippen LogP contribution in [0.3, 0.4) is 0 Å². The Bertz CT molecular complexity index is 1050. The van der Waals surface area contributed by atoms with Crippen molar-refractivity contribution in [1.82, 2.24) is 0 Å². The zero-order valence-electron chi connectivity index (χ0n) is 20.0. The maximum absolute atomic E-state index is 12.6. The van der Waals surface area contributed by atoms with Crippen molar-refractivity contribution in [1.29, 1.82) is 0 Å². The van der Waals surface area contributed by atoms with Gasteiger partial charge in [0, 0.05) is 17.9 Å². The first-order valence-electron chi connectivity index (χ1n) is 11.6. The van der Waals surface area contributed by atoms with Gasteiger partial charge in [-0.25, -0.2) is 4.79 Å². The Kier molecular flexibility index (Phi) is 10.0. The first-order chi connectivity index (χ1) is 18.1. The van der Waals surface area contributed by atoms with Crippen molar-refractivity contribution in [2.24, 2.45) is 5.92 Å². The molecule has 2 heterocycles. The van der Waals surface area contributed by atoms with Crippen LogP contribution in [0.15, 0.2) is 41.7 Å². The SMILES string of the molecule is O=C(CC1C(C(=O)O)=COC(OC2OC(CO)C(O)C(O)C2O)C1=CCO)OCCc1ccc(O)c(O)c1. The smallest absolute Gasteiger partial charge is 0.335 e. The van der Waals surface area contributed by atoms with Gasteiger partial charge in [-0.3, -0.25) is 4.79 Å². The number of benzene rings is 1. The van der Waals surface area contributed by atoms with E-state index < -0.39 is 74.5 Å². The number of aliphatic hydroxyl groups is 5. The van der Waals surface area contributed by atoms with Crippen LogP contribution in [0, 0.1) is 5.92 Å². The average Bonchev–Trinajstić information content (AvgIpc) is 2.88. The summed E-state index contributed by atoms with van der Waals surface area (Å²) in [4.78, 5) is 24.4. The number of carboxylic acids is 1. The minimum atomic E-state index is -1.78. The van der Waals surface area contributed by atoms with E-state index in [1.54, 1.807) is 0 Å². The molecule has 0 radical (unpaired) electrons. The van der Waals surface area contributed by atoms with Crippen LogP contribution in [0.4, 0.5) is 0 Å². The van der Waals surface area contributed by atoms with Crippen molar-refractivity contribution in [3.8, 4) is 11.5 Å². The molecule has 0 bridgehead atoms. The van der Waals surface area contributed by atoms with Gasteiger partial charge in [-0.15, -0.1) is 0 Å². The Morgan fingerprint density at radius 3 is 2.39 bits per heavy atom. The first-order valence-corrected chi connectivity index (χ1v) is 11.6. The van der Waals surface area contributed by atoms with Crippen molar-refractivity contribution in [2.45, 2.75) is 49.8 Å². The molecular weight excluding hydrogens is 512 g/mol. The lowest BCUT2D eigenvalue weighted by molar-refractivity contribution is -0.327. The third-order valence-corrected chi connectivity index (χ3v) is 6.11. The molecule has 2 aliphatic heterocycles. The molecule has 210 valence electrons. The third-order valence-electron chi connectivity index (χ3n) is 6.11. The molecule has 0 aliphatic carbocycles. The first kappa shape index (κ1) is 29.3. The second-order valence-electron chi connectivity index (χ2n) is 8.62. The number of ether oxygens (including phenoxy) is 4. The lowest BCUT2D eigenvalue weighted by Crippen LogP contribution is -2.60. The van der Waals surface area contributed by atoms with Crippen molar-refractivity contribution in [3.05, 3.63) is 47.2 Å². The van der Waals surface area contributed by atoms with Crippen LogP contribution >= 0.6 is 0 Å². The molecule has 14 heteroatoms. The van der Waals surface area contributed by atoms with E-state index in [0.29, 0.717) is 5.56 Å². The molecule has 1 fully saturated rings. The summed E-state index contributed by atoms with van der Waals surface area (Å²) in [5.41, 5.74) is 0.211. The van der Waals surface area contributed by atoms with Crippen LogP contribution < -0.4 is 0 Å². The molecule has 1 aromatic rings. The number of aromatic hydroxyl groups is 2. The molecule has 14 nitrogen and oxygen atoms in total. The van der Waals surface area contributed by atoms with E-state index >= 15 is 0 Å². The maximum Gasteiger partial charge on any atom is 0.335 e. The summed E-state index contributed by atoms with van der Waals surface area (Å²) in [6, 6.07) is 4.10. The molecule has 7 unspecified atom stereocenters. The van der Waals surface area contributed by atoms with Gasteiger partial charge in [-0.1, -0.05) is 12.1 Å². The Morgan fingerprint density at radius 2 is 1.76 bits per heavy atom. The number of esters is 1. The lowest BCUT2D eigenvalue weighted by Gasteiger charge is -2.41. The number of aliphatic carboxylic acids is 1. The summed E-state index contributed by atoms with van der Waals surface area (Å²) in [7, 11) is 0. The predicted octanol–water partition coefficient (Wildman–Crippen LogP) is -1.75. The Labute approximate surface area is 216 Å². The van der Waals surface area contributed by atoms with Gasteiger partial charge < -0.3 is 59.8 Å². The quantitative estimate of drug-likeness (QED) is 0.0931. The standard InChI is InChI=1S/C24H30O14/c25-5-3-12-13(8-18(29)35-6-4-11-1-2-15(27)16(28)7-11)14(22(33)34)10-36-23(12)38-24-21(32)20(31)19(30)17(9-26)37-24/h1-3,7,10,13,17,19-21,23-28,30-32H,4-6,8-9H2,(H,33,34). The van der Waals surface area contributed by atoms with Gasteiger partial charge in [0.2, 0.25) is 6.29 Å². The molecule has 0 amide bonds. The number of carbonyl (C=O) groups excluding carboxylic acids is 1. The number of phenolic OH excluding ortho intramolecular Hbond substituents is 2. The molecule has 8 N–H and O–H groups in total. The topological polar surface area (TPSA) is 233 Å². The number of carboxylic acid groups (broad SMARTS) is 1. The Hall–Kier alpha value is -3.24. The lowest BCUT2D eigenvalue weighted by atomic mass is 9.86. The average molecular weight is 542 g/mol. The highest BCUT2D eigenvalue weighted by molar-refractivity contribution is 5.89. The minimum absolute atomic E-state index is 0.00947.